The number of carbonyl (C=O) groups excluding carboxylic acids is 1. The number of fused-ring (bicyclic) bond motifs is 3. The lowest BCUT2D eigenvalue weighted by Crippen LogP contribution is -2.45. The Balaban J connectivity index is 1.30. The van der Waals surface area contributed by atoms with E-state index in [1.807, 2.05) is 29.3 Å². The second-order valence-corrected chi connectivity index (χ2v) is 10.6. The molecule has 5 rings (SSSR count). The predicted octanol–water partition coefficient (Wildman–Crippen LogP) is 4.74. The van der Waals surface area contributed by atoms with E-state index in [9.17, 15) is 4.79 Å². The van der Waals surface area contributed by atoms with Gasteiger partial charge in [0.1, 0.15) is 5.75 Å². The number of ketones is 1. The second-order valence-electron chi connectivity index (χ2n) is 10.6. The van der Waals surface area contributed by atoms with Crippen LogP contribution in [-0.2, 0) is 6.42 Å². The monoisotopic (exact) mass is 521 g/mol. The van der Waals surface area contributed by atoms with Crippen molar-refractivity contribution >= 4 is 11.5 Å². The first-order valence-corrected chi connectivity index (χ1v) is 13.5. The third kappa shape index (κ3) is 6.03. The molecule has 2 aliphatic heterocycles. The molecule has 2 heterocycles. The number of nitrogens with zero attached hydrogens (tertiary/aromatic N) is 5. The minimum absolute atomic E-state index is 0.0744. The number of hydrogen-bond acceptors (Lipinski definition) is 7. The number of likely N-dealkylation sites (N-methyl/N-ethyl adjacent to an activating group) is 2. The largest absolute Gasteiger partial charge is 0.461 e. The van der Waals surface area contributed by atoms with Crippen molar-refractivity contribution in [2.75, 3.05) is 40.8 Å². The van der Waals surface area contributed by atoms with Crippen molar-refractivity contribution in [3.8, 4) is 11.8 Å². The molecule has 0 aliphatic carbocycles. The summed E-state index contributed by atoms with van der Waals surface area (Å²) in [5.74, 6) is 0.544. The highest BCUT2D eigenvalue weighted by molar-refractivity contribution is 6.03. The maximum atomic E-state index is 13.5. The van der Waals surface area contributed by atoms with Gasteiger partial charge in [-0.2, -0.15) is 10.4 Å². The Hall–Kier alpha value is -3.99. The van der Waals surface area contributed by atoms with E-state index in [0.717, 1.165) is 49.3 Å². The third-order valence-electron chi connectivity index (χ3n) is 7.44. The molecule has 2 aliphatic rings. The van der Waals surface area contributed by atoms with Crippen molar-refractivity contribution in [3.63, 3.8) is 0 Å². The summed E-state index contributed by atoms with van der Waals surface area (Å²) >= 11 is 0. The van der Waals surface area contributed by atoms with Gasteiger partial charge in [-0.15, -0.1) is 0 Å². The number of hydrazone groups is 1. The summed E-state index contributed by atoms with van der Waals surface area (Å²) in [6.45, 7) is 3.22. The first kappa shape index (κ1) is 26.6. The molecule has 7 heteroatoms. The highest BCUT2D eigenvalue weighted by Gasteiger charge is 2.43. The van der Waals surface area contributed by atoms with Gasteiger partial charge in [0, 0.05) is 30.6 Å². The Morgan fingerprint density at radius 2 is 1.74 bits per heavy atom. The first-order chi connectivity index (χ1) is 18.9. The Bertz CT molecular complexity index is 1370. The summed E-state index contributed by atoms with van der Waals surface area (Å²) in [7, 11) is 6.39. The first-order valence-electron chi connectivity index (χ1n) is 13.5. The fraction of sp³-hybridized carbons (Fsp3) is 0.344. The lowest BCUT2D eigenvalue weighted by atomic mass is 9.95. The molecule has 7 nitrogen and oxygen atoms in total. The van der Waals surface area contributed by atoms with Gasteiger partial charge < -0.3 is 14.5 Å². The molecule has 0 saturated heterocycles. The van der Waals surface area contributed by atoms with Crippen molar-refractivity contribution < 1.29 is 9.53 Å². The summed E-state index contributed by atoms with van der Waals surface area (Å²) in [5, 5.41) is 15.9. The van der Waals surface area contributed by atoms with Gasteiger partial charge in [-0.25, -0.2) is 5.01 Å². The van der Waals surface area contributed by atoms with Crippen LogP contribution in [0.2, 0.25) is 0 Å². The zero-order chi connectivity index (χ0) is 27.4. The van der Waals surface area contributed by atoms with E-state index in [-0.39, 0.29) is 11.8 Å². The molecule has 0 N–H and O–H groups in total. The minimum atomic E-state index is -0.862. The van der Waals surface area contributed by atoms with Crippen molar-refractivity contribution in [2.24, 2.45) is 5.10 Å². The van der Waals surface area contributed by atoms with Crippen molar-refractivity contribution in [1.29, 1.82) is 5.26 Å². The molecule has 0 fully saturated rings. The van der Waals surface area contributed by atoms with E-state index in [1.165, 1.54) is 5.56 Å². The van der Waals surface area contributed by atoms with E-state index in [1.54, 1.807) is 24.3 Å². The van der Waals surface area contributed by atoms with Crippen LogP contribution in [0.4, 0.5) is 0 Å². The van der Waals surface area contributed by atoms with Crippen LogP contribution in [-0.4, -0.2) is 73.3 Å². The van der Waals surface area contributed by atoms with Crippen LogP contribution in [0.3, 0.4) is 0 Å². The van der Waals surface area contributed by atoms with E-state index in [2.05, 4.69) is 61.3 Å². The Morgan fingerprint density at radius 1 is 1.00 bits per heavy atom. The van der Waals surface area contributed by atoms with Crippen LogP contribution in [0.15, 0.2) is 77.9 Å². The maximum Gasteiger partial charge on any atom is 0.251 e. The molecule has 2 atom stereocenters. The Kier molecular flexibility index (Phi) is 8.06. The van der Waals surface area contributed by atoms with E-state index < -0.39 is 6.23 Å². The number of hydrogen-bond donors (Lipinski definition) is 0. The molecule has 0 saturated carbocycles. The molecule has 0 bridgehead atoms. The standard InChI is InChI=1S/C32H35N5O2/c1-35(2)19-20-36(3)18-6-7-23-10-14-25(15-11-23)28-21-29-27-8-4-5-9-30(27)39-32(37(29)34-28)31(38)26-16-12-24(22-33)13-17-26/h4-5,8-17,29,32H,6-7,18-21H2,1-3H3. The van der Waals surface area contributed by atoms with Gasteiger partial charge in [-0.1, -0.05) is 42.5 Å². The van der Waals surface area contributed by atoms with Crippen LogP contribution < -0.4 is 4.74 Å². The smallest absolute Gasteiger partial charge is 0.251 e. The van der Waals surface area contributed by atoms with Gasteiger partial charge in [0.05, 0.1) is 23.4 Å². The number of carbonyl (C=O) groups is 1. The van der Waals surface area contributed by atoms with Crippen molar-refractivity contribution in [3.05, 3.63) is 101 Å². The third-order valence-corrected chi connectivity index (χ3v) is 7.44. The van der Waals surface area contributed by atoms with Gasteiger partial charge in [-0.3, -0.25) is 4.79 Å². The molecular formula is C32H35N5O2. The molecule has 200 valence electrons. The number of benzene rings is 3. The number of nitriles is 1. The van der Waals surface area contributed by atoms with Gasteiger partial charge >= 0.3 is 0 Å². The van der Waals surface area contributed by atoms with Crippen LogP contribution in [0, 0.1) is 11.3 Å². The maximum absolute atomic E-state index is 13.5. The predicted molar refractivity (Wildman–Crippen MR) is 153 cm³/mol. The number of ether oxygens (including phenoxy) is 1. The van der Waals surface area contributed by atoms with Crippen LogP contribution in [0.1, 0.15) is 51.5 Å². The number of aryl methyl sites for hydroxylation is 1. The fourth-order valence-electron chi connectivity index (χ4n) is 5.13. The van der Waals surface area contributed by atoms with Gasteiger partial charge in [0.25, 0.3) is 6.23 Å². The zero-order valence-electron chi connectivity index (χ0n) is 22.9. The van der Waals surface area contributed by atoms with E-state index in [0.29, 0.717) is 23.3 Å². The molecular weight excluding hydrogens is 486 g/mol. The number of Topliss-reactive ketones (excluding diaryl/α,β-unsaturated/α-hetero) is 1. The summed E-state index contributed by atoms with van der Waals surface area (Å²) < 4.78 is 6.21. The second kappa shape index (κ2) is 11.8. The number of rotatable bonds is 10. The molecule has 0 amide bonds. The summed E-state index contributed by atoms with van der Waals surface area (Å²) in [4.78, 5) is 18.1. The zero-order valence-corrected chi connectivity index (χ0v) is 22.9. The Morgan fingerprint density at radius 3 is 2.46 bits per heavy atom. The minimum Gasteiger partial charge on any atom is -0.461 e. The van der Waals surface area contributed by atoms with Crippen LogP contribution in [0.5, 0.6) is 5.75 Å². The molecule has 0 spiro atoms. The van der Waals surface area contributed by atoms with E-state index in [4.69, 9.17) is 15.1 Å². The van der Waals surface area contributed by atoms with Gasteiger partial charge in [0.2, 0.25) is 5.78 Å². The molecule has 39 heavy (non-hydrogen) atoms. The fourth-order valence-corrected chi connectivity index (χ4v) is 5.13. The average molecular weight is 522 g/mol. The lowest BCUT2D eigenvalue weighted by molar-refractivity contribution is -0.00455. The number of para-hydroxylation sites is 1. The van der Waals surface area contributed by atoms with Crippen LogP contribution >= 0.6 is 0 Å². The summed E-state index contributed by atoms with van der Waals surface area (Å²) in [5.41, 5.74) is 5.39. The highest BCUT2D eigenvalue weighted by Crippen LogP contribution is 2.43. The normalized spacial score (nSPS) is 17.8. The van der Waals surface area contributed by atoms with E-state index >= 15 is 0 Å². The van der Waals surface area contributed by atoms with Gasteiger partial charge in [0.15, 0.2) is 0 Å². The SMILES string of the molecule is CN(C)CCN(C)CCCc1ccc(C2=NN3C(C(=O)c4ccc(C#N)cc4)Oc4ccccc4C3C2)cc1. The summed E-state index contributed by atoms with van der Waals surface area (Å²) in [6.07, 6.45) is 2.00. The summed E-state index contributed by atoms with van der Waals surface area (Å²) in [6, 6.07) is 25.3. The molecule has 0 aromatic heterocycles. The van der Waals surface area contributed by atoms with Gasteiger partial charge in [-0.05, 0) is 82.0 Å². The highest BCUT2D eigenvalue weighted by atomic mass is 16.5. The molecule has 3 aromatic rings. The van der Waals surface area contributed by atoms with Crippen molar-refractivity contribution in [1.82, 2.24) is 14.8 Å². The molecule has 2 unspecified atom stereocenters. The molecule has 3 aromatic carbocycles. The Labute approximate surface area is 230 Å². The topological polar surface area (TPSA) is 72.2 Å². The van der Waals surface area contributed by atoms with Crippen LogP contribution in [0.25, 0.3) is 0 Å². The lowest BCUT2D eigenvalue weighted by Gasteiger charge is -2.37. The van der Waals surface area contributed by atoms with Crippen molar-refractivity contribution in [2.45, 2.75) is 31.5 Å². The average Bonchev–Trinajstić information content (AvgIpc) is 3.41. The molecule has 0 radical (unpaired) electrons. The quantitative estimate of drug-likeness (QED) is 0.359.